The molecule has 1 saturated heterocycles. The highest BCUT2D eigenvalue weighted by atomic mass is 16.2. The molecule has 0 spiro atoms. The van der Waals surface area contributed by atoms with E-state index in [2.05, 4.69) is 12.2 Å². The summed E-state index contributed by atoms with van der Waals surface area (Å²) in [6, 6.07) is 13.8. The van der Waals surface area contributed by atoms with E-state index in [0.717, 1.165) is 16.5 Å². The number of carbonyl (C=O) groups excluding carboxylic acids is 2. The monoisotopic (exact) mass is 315 g/mol. The maximum atomic E-state index is 13.2. The SMILES string of the molecule is O=C1[C@@H]2[C@@H]3C=C[C@H]([C@H]4C[C@@H]34)[C@@H]2C(=O)N1c1cccc2ccccc12. The Balaban J connectivity index is 1.52. The van der Waals surface area contributed by atoms with Gasteiger partial charge in [-0.2, -0.15) is 0 Å². The molecular weight excluding hydrogens is 298 g/mol. The first-order valence-electron chi connectivity index (χ1n) is 8.79. The molecule has 2 aromatic rings. The van der Waals surface area contributed by atoms with Crippen molar-refractivity contribution in [1.29, 1.82) is 0 Å². The summed E-state index contributed by atoms with van der Waals surface area (Å²) in [4.78, 5) is 27.9. The summed E-state index contributed by atoms with van der Waals surface area (Å²) in [5, 5.41) is 2.04. The molecule has 0 radical (unpaired) electrons. The molecule has 3 fully saturated rings. The van der Waals surface area contributed by atoms with E-state index in [1.54, 1.807) is 0 Å². The summed E-state index contributed by atoms with van der Waals surface area (Å²) in [6.45, 7) is 0. The van der Waals surface area contributed by atoms with Gasteiger partial charge >= 0.3 is 0 Å². The van der Waals surface area contributed by atoms with Crippen molar-refractivity contribution in [3.8, 4) is 0 Å². The van der Waals surface area contributed by atoms with E-state index in [0.29, 0.717) is 11.8 Å². The van der Waals surface area contributed by atoms with Crippen molar-refractivity contribution in [2.24, 2.45) is 35.5 Å². The number of fused-ring (bicyclic) bond motifs is 1. The number of amides is 2. The molecule has 2 bridgehead atoms. The third-order valence-corrected chi connectivity index (χ3v) is 6.67. The van der Waals surface area contributed by atoms with E-state index in [4.69, 9.17) is 0 Å². The maximum absolute atomic E-state index is 13.2. The lowest BCUT2D eigenvalue weighted by molar-refractivity contribution is -0.124. The lowest BCUT2D eigenvalue weighted by atomic mass is 9.63. The Hall–Kier alpha value is -2.42. The van der Waals surface area contributed by atoms with Crippen LogP contribution < -0.4 is 4.90 Å². The Bertz CT molecular complexity index is 905. The van der Waals surface area contributed by atoms with Gasteiger partial charge in [-0.25, -0.2) is 4.90 Å². The molecule has 5 aliphatic rings. The number of hydrogen-bond acceptors (Lipinski definition) is 2. The fourth-order valence-electron chi connectivity index (χ4n) is 5.60. The van der Waals surface area contributed by atoms with Crippen molar-refractivity contribution in [2.75, 3.05) is 4.90 Å². The van der Waals surface area contributed by atoms with Gasteiger partial charge in [0.15, 0.2) is 0 Å². The van der Waals surface area contributed by atoms with E-state index in [1.165, 1.54) is 11.3 Å². The fraction of sp³-hybridized carbons (Fsp3) is 0.333. The average molecular weight is 315 g/mol. The highest BCUT2D eigenvalue weighted by Crippen LogP contribution is 2.65. The molecule has 0 N–H and O–H groups in total. The Morgan fingerprint density at radius 2 is 1.42 bits per heavy atom. The van der Waals surface area contributed by atoms with Crippen LogP contribution in [0.15, 0.2) is 54.6 Å². The molecule has 0 unspecified atom stereocenters. The van der Waals surface area contributed by atoms with E-state index in [-0.39, 0.29) is 35.5 Å². The second-order valence-electron chi connectivity index (χ2n) is 7.66. The zero-order chi connectivity index (χ0) is 16.0. The van der Waals surface area contributed by atoms with Gasteiger partial charge in [-0.3, -0.25) is 9.59 Å². The standard InChI is InChI=1S/C21H17NO2/c23-20-18-13-8-9-14(16-10-15(13)16)19(18)21(24)22(20)17-7-3-5-11-4-1-2-6-12(11)17/h1-9,13-16,18-19H,10H2/t13-,14-,15-,16+,18+,19-/m1/s1. The molecule has 3 heteroatoms. The molecule has 3 nitrogen and oxygen atoms in total. The number of benzene rings is 2. The number of anilines is 1. The molecule has 2 aromatic carbocycles. The van der Waals surface area contributed by atoms with E-state index in [9.17, 15) is 9.59 Å². The van der Waals surface area contributed by atoms with Crippen LogP contribution in [0.1, 0.15) is 6.42 Å². The predicted molar refractivity (Wildman–Crippen MR) is 91.1 cm³/mol. The summed E-state index contributed by atoms with van der Waals surface area (Å²) in [5.41, 5.74) is 0.755. The van der Waals surface area contributed by atoms with Crippen molar-refractivity contribution in [3.63, 3.8) is 0 Å². The molecule has 6 atom stereocenters. The highest BCUT2D eigenvalue weighted by Gasteiger charge is 2.67. The van der Waals surface area contributed by atoms with Gasteiger partial charge in [0.1, 0.15) is 0 Å². The van der Waals surface area contributed by atoms with Crippen molar-refractivity contribution >= 4 is 28.3 Å². The Morgan fingerprint density at radius 3 is 2.12 bits per heavy atom. The van der Waals surface area contributed by atoms with E-state index >= 15 is 0 Å². The van der Waals surface area contributed by atoms with Crippen molar-refractivity contribution in [1.82, 2.24) is 0 Å². The van der Waals surface area contributed by atoms with E-state index in [1.807, 2.05) is 42.5 Å². The van der Waals surface area contributed by atoms with Crippen LogP contribution in [0, 0.1) is 35.5 Å². The second kappa shape index (κ2) is 4.15. The first kappa shape index (κ1) is 12.9. The topological polar surface area (TPSA) is 37.4 Å². The van der Waals surface area contributed by atoms with Crippen LogP contribution in [0.4, 0.5) is 5.69 Å². The second-order valence-corrected chi connectivity index (χ2v) is 7.66. The molecule has 1 heterocycles. The number of allylic oxidation sites excluding steroid dienone is 2. The first-order valence-corrected chi connectivity index (χ1v) is 8.79. The number of carbonyl (C=O) groups is 2. The lowest BCUT2D eigenvalue weighted by Crippen LogP contribution is -2.40. The normalized spacial score (nSPS) is 38.6. The molecule has 1 aliphatic heterocycles. The molecular formula is C21H17NO2. The molecule has 118 valence electrons. The van der Waals surface area contributed by atoms with Crippen molar-refractivity contribution in [3.05, 3.63) is 54.6 Å². The largest absolute Gasteiger partial charge is 0.274 e. The molecule has 0 aromatic heterocycles. The molecule has 4 aliphatic carbocycles. The smallest absolute Gasteiger partial charge is 0.238 e. The van der Waals surface area contributed by atoms with Gasteiger partial charge in [-0.15, -0.1) is 0 Å². The van der Waals surface area contributed by atoms with Crippen LogP contribution in [0.2, 0.25) is 0 Å². The van der Waals surface area contributed by atoms with Gasteiger partial charge in [0.2, 0.25) is 11.8 Å². The van der Waals surface area contributed by atoms with Crippen LogP contribution >= 0.6 is 0 Å². The van der Waals surface area contributed by atoms with Gasteiger partial charge < -0.3 is 0 Å². The lowest BCUT2D eigenvalue weighted by Gasteiger charge is -2.37. The summed E-state index contributed by atoms with van der Waals surface area (Å²) in [6.07, 6.45) is 5.64. The zero-order valence-electron chi connectivity index (χ0n) is 13.1. The number of nitrogens with zero attached hydrogens (tertiary/aromatic N) is 1. The first-order chi connectivity index (χ1) is 11.8. The van der Waals surface area contributed by atoms with Crippen molar-refractivity contribution in [2.45, 2.75) is 6.42 Å². The zero-order valence-corrected chi connectivity index (χ0v) is 13.1. The highest BCUT2D eigenvalue weighted by molar-refractivity contribution is 6.25. The van der Waals surface area contributed by atoms with Crippen LogP contribution in [0.25, 0.3) is 10.8 Å². The van der Waals surface area contributed by atoms with Crippen LogP contribution in [0.3, 0.4) is 0 Å². The van der Waals surface area contributed by atoms with Gasteiger partial charge in [0.05, 0.1) is 17.5 Å². The Morgan fingerprint density at radius 1 is 0.792 bits per heavy atom. The quantitative estimate of drug-likeness (QED) is 0.597. The summed E-state index contributed by atoms with van der Waals surface area (Å²) < 4.78 is 0. The van der Waals surface area contributed by atoms with Crippen LogP contribution in [-0.2, 0) is 9.59 Å². The van der Waals surface area contributed by atoms with E-state index < -0.39 is 0 Å². The number of imide groups is 1. The van der Waals surface area contributed by atoms with Gasteiger partial charge in [0.25, 0.3) is 0 Å². The Labute approximate surface area is 139 Å². The van der Waals surface area contributed by atoms with Crippen LogP contribution in [0.5, 0.6) is 0 Å². The maximum Gasteiger partial charge on any atom is 0.238 e. The average Bonchev–Trinajstić information content (AvgIpc) is 3.39. The number of hydrogen-bond donors (Lipinski definition) is 0. The fourth-order valence-corrected chi connectivity index (χ4v) is 5.60. The molecule has 2 amide bonds. The third-order valence-electron chi connectivity index (χ3n) is 6.67. The molecule has 24 heavy (non-hydrogen) atoms. The minimum absolute atomic E-state index is 0.0195. The number of rotatable bonds is 1. The molecule has 2 saturated carbocycles. The third kappa shape index (κ3) is 1.40. The minimum Gasteiger partial charge on any atom is -0.274 e. The van der Waals surface area contributed by atoms with Crippen LogP contribution in [-0.4, -0.2) is 11.8 Å². The minimum atomic E-state index is -0.129. The summed E-state index contributed by atoms with van der Waals surface area (Å²) in [5.74, 6) is 1.63. The Kier molecular flexibility index (Phi) is 2.24. The summed E-state index contributed by atoms with van der Waals surface area (Å²) >= 11 is 0. The van der Waals surface area contributed by atoms with Gasteiger partial charge in [-0.05, 0) is 41.5 Å². The van der Waals surface area contributed by atoms with Gasteiger partial charge in [0, 0.05) is 5.39 Å². The van der Waals surface area contributed by atoms with Crippen molar-refractivity contribution < 1.29 is 9.59 Å². The summed E-state index contributed by atoms with van der Waals surface area (Å²) in [7, 11) is 0. The predicted octanol–water partition coefficient (Wildman–Crippen LogP) is 3.40. The molecule has 7 rings (SSSR count). The van der Waals surface area contributed by atoms with Gasteiger partial charge in [-0.1, -0.05) is 48.6 Å².